The molecule has 0 aliphatic carbocycles. The van der Waals surface area contributed by atoms with Crippen molar-refractivity contribution in [1.82, 2.24) is 0 Å². The number of rotatable bonds is 6. The summed E-state index contributed by atoms with van der Waals surface area (Å²) in [7, 11) is 1.53. The Bertz CT molecular complexity index is 410. The normalized spacial score (nSPS) is 12.2. The quantitative estimate of drug-likeness (QED) is 0.756. The van der Waals surface area contributed by atoms with Gasteiger partial charge >= 0.3 is 11.9 Å². The molecule has 5 nitrogen and oxygen atoms in total. The van der Waals surface area contributed by atoms with Gasteiger partial charge in [-0.05, 0) is 24.1 Å². The molecule has 2 N–H and O–H groups in total. The molecule has 0 aromatic heterocycles. The molecule has 0 aliphatic rings. The monoisotopic (exact) mass is 252 g/mol. The average Bonchev–Trinajstić information content (AvgIpc) is 2.35. The van der Waals surface area contributed by atoms with Crippen LogP contribution in [0.25, 0.3) is 0 Å². The van der Waals surface area contributed by atoms with E-state index in [-0.39, 0.29) is 0 Å². The lowest BCUT2D eigenvalue weighted by molar-refractivity contribution is -0.155. The summed E-state index contributed by atoms with van der Waals surface area (Å²) in [6.45, 7) is 1.77. The zero-order valence-corrected chi connectivity index (χ0v) is 10.3. The summed E-state index contributed by atoms with van der Waals surface area (Å²) in [5.41, 5.74) is 0.688. The van der Waals surface area contributed by atoms with Crippen molar-refractivity contribution in [2.24, 2.45) is 5.92 Å². The summed E-state index contributed by atoms with van der Waals surface area (Å²) in [4.78, 5) is 22.1. The smallest absolute Gasteiger partial charge is 0.318 e. The van der Waals surface area contributed by atoms with Gasteiger partial charge in [-0.1, -0.05) is 19.1 Å². The van der Waals surface area contributed by atoms with E-state index in [1.807, 2.05) is 0 Å². The number of hydrogen-bond donors (Lipinski definition) is 2. The van der Waals surface area contributed by atoms with Crippen LogP contribution in [0.3, 0.4) is 0 Å². The first-order valence-corrected chi connectivity index (χ1v) is 5.60. The maximum absolute atomic E-state index is 11.0. The van der Waals surface area contributed by atoms with Crippen molar-refractivity contribution in [3.8, 4) is 5.75 Å². The molecule has 0 saturated heterocycles. The minimum atomic E-state index is -1.43. The summed E-state index contributed by atoms with van der Waals surface area (Å²) >= 11 is 0. The van der Waals surface area contributed by atoms with E-state index in [1.54, 1.807) is 31.2 Å². The van der Waals surface area contributed by atoms with Crippen molar-refractivity contribution in [3.05, 3.63) is 29.8 Å². The van der Waals surface area contributed by atoms with Crippen LogP contribution in [0.2, 0.25) is 0 Å². The molecule has 0 spiro atoms. The highest BCUT2D eigenvalue weighted by molar-refractivity contribution is 5.94. The summed E-state index contributed by atoms with van der Waals surface area (Å²) in [6, 6.07) is 6.79. The van der Waals surface area contributed by atoms with Crippen molar-refractivity contribution in [1.29, 1.82) is 0 Å². The second-order valence-electron chi connectivity index (χ2n) is 3.94. The number of hydrogen-bond acceptors (Lipinski definition) is 3. The third-order valence-corrected chi connectivity index (χ3v) is 2.92. The molecule has 18 heavy (non-hydrogen) atoms. The molecule has 1 unspecified atom stereocenters. The Morgan fingerprint density at radius 3 is 2.00 bits per heavy atom. The Labute approximate surface area is 105 Å². The summed E-state index contributed by atoms with van der Waals surface area (Å²) in [6.07, 6.45) is 0.440. The summed E-state index contributed by atoms with van der Waals surface area (Å²) in [5, 5.41) is 18.0. The number of carboxylic acids is 2. The first kappa shape index (κ1) is 14.0. The van der Waals surface area contributed by atoms with Gasteiger partial charge in [0.2, 0.25) is 0 Å². The molecule has 1 aromatic rings. The van der Waals surface area contributed by atoms with Gasteiger partial charge in [0.05, 0.1) is 7.11 Å². The Balaban J connectivity index is 3.06. The molecular weight excluding hydrogens is 236 g/mol. The molecule has 0 aliphatic heterocycles. The van der Waals surface area contributed by atoms with Crippen molar-refractivity contribution in [2.75, 3.05) is 7.11 Å². The van der Waals surface area contributed by atoms with Crippen LogP contribution in [0.15, 0.2) is 24.3 Å². The number of aliphatic carboxylic acids is 2. The topological polar surface area (TPSA) is 83.8 Å². The predicted octanol–water partition coefficient (Wildman–Crippen LogP) is 1.97. The third-order valence-electron chi connectivity index (χ3n) is 2.92. The third kappa shape index (κ3) is 3.00. The van der Waals surface area contributed by atoms with Gasteiger partial charge in [-0.3, -0.25) is 9.59 Å². The molecule has 0 fully saturated rings. The molecule has 1 aromatic carbocycles. The van der Waals surface area contributed by atoms with Crippen LogP contribution in [-0.2, 0) is 9.59 Å². The van der Waals surface area contributed by atoms with E-state index >= 15 is 0 Å². The standard InChI is InChI=1S/C13H16O5/c1-3-10(11(12(14)15)13(16)17)8-4-6-9(18-2)7-5-8/h4-7,10-11H,3H2,1-2H3,(H,14,15)(H,16,17). The highest BCUT2D eigenvalue weighted by atomic mass is 16.5. The van der Waals surface area contributed by atoms with Crippen LogP contribution in [0.5, 0.6) is 5.75 Å². The average molecular weight is 252 g/mol. The SMILES string of the molecule is CCC(c1ccc(OC)cc1)C(C(=O)O)C(=O)O. The first-order chi connectivity index (χ1) is 8.51. The number of methoxy groups -OCH3 is 1. The first-order valence-electron chi connectivity index (χ1n) is 5.60. The van der Waals surface area contributed by atoms with Gasteiger partial charge in [0.1, 0.15) is 5.75 Å². The van der Waals surface area contributed by atoms with E-state index in [4.69, 9.17) is 14.9 Å². The number of carboxylic acid groups (broad SMARTS) is 2. The van der Waals surface area contributed by atoms with E-state index in [9.17, 15) is 9.59 Å². The molecule has 0 bridgehead atoms. The van der Waals surface area contributed by atoms with Gasteiger partial charge in [-0.25, -0.2) is 0 Å². The molecule has 0 amide bonds. The lowest BCUT2D eigenvalue weighted by Crippen LogP contribution is -2.29. The van der Waals surface area contributed by atoms with Crippen LogP contribution in [0, 0.1) is 5.92 Å². The predicted molar refractivity (Wildman–Crippen MR) is 64.8 cm³/mol. The molecule has 0 radical (unpaired) electrons. The lowest BCUT2D eigenvalue weighted by Gasteiger charge is -2.20. The van der Waals surface area contributed by atoms with Crippen LogP contribution in [-0.4, -0.2) is 29.3 Å². The highest BCUT2D eigenvalue weighted by Crippen LogP contribution is 2.30. The maximum atomic E-state index is 11.0. The van der Waals surface area contributed by atoms with E-state index in [2.05, 4.69) is 0 Å². The molecule has 0 heterocycles. The van der Waals surface area contributed by atoms with Crippen molar-refractivity contribution >= 4 is 11.9 Å². The Kier molecular flexibility index (Phi) is 4.71. The number of ether oxygens (including phenoxy) is 1. The highest BCUT2D eigenvalue weighted by Gasteiger charge is 2.34. The molecule has 0 saturated carbocycles. The zero-order valence-electron chi connectivity index (χ0n) is 10.3. The fourth-order valence-electron chi connectivity index (χ4n) is 1.96. The van der Waals surface area contributed by atoms with Gasteiger partial charge in [0.15, 0.2) is 5.92 Å². The van der Waals surface area contributed by atoms with Crippen LogP contribution in [0.1, 0.15) is 24.8 Å². The Hall–Kier alpha value is -2.04. The largest absolute Gasteiger partial charge is 0.497 e. The van der Waals surface area contributed by atoms with Gasteiger partial charge in [-0.2, -0.15) is 0 Å². The molecule has 1 rings (SSSR count). The molecule has 1 atom stereocenters. The van der Waals surface area contributed by atoms with Crippen molar-refractivity contribution < 1.29 is 24.5 Å². The van der Waals surface area contributed by atoms with Crippen LogP contribution < -0.4 is 4.74 Å². The van der Waals surface area contributed by atoms with E-state index in [1.165, 1.54) is 7.11 Å². The van der Waals surface area contributed by atoms with Gasteiger partial charge in [0, 0.05) is 5.92 Å². The van der Waals surface area contributed by atoms with E-state index in [0.29, 0.717) is 17.7 Å². The van der Waals surface area contributed by atoms with Crippen LogP contribution in [0.4, 0.5) is 0 Å². The molecule has 98 valence electrons. The Morgan fingerprint density at radius 1 is 1.17 bits per heavy atom. The molecular formula is C13H16O5. The fourth-order valence-corrected chi connectivity index (χ4v) is 1.96. The van der Waals surface area contributed by atoms with Crippen LogP contribution >= 0.6 is 0 Å². The number of carbonyl (C=O) groups is 2. The minimum Gasteiger partial charge on any atom is -0.497 e. The zero-order chi connectivity index (χ0) is 13.7. The fraction of sp³-hybridized carbons (Fsp3) is 0.385. The van der Waals surface area contributed by atoms with Crippen molar-refractivity contribution in [2.45, 2.75) is 19.3 Å². The van der Waals surface area contributed by atoms with E-state index < -0.39 is 23.8 Å². The summed E-state index contributed by atoms with van der Waals surface area (Å²) < 4.78 is 5.01. The Morgan fingerprint density at radius 2 is 1.67 bits per heavy atom. The van der Waals surface area contributed by atoms with Gasteiger partial charge < -0.3 is 14.9 Å². The second-order valence-corrected chi connectivity index (χ2v) is 3.94. The number of benzene rings is 1. The lowest BCUT2D eigenvalue weighted by atomic mass is 9.84. The molecule has 5 heteroatoms. The second kappa shape index (κ2) is 6.05. The minimum absolute atomic E-state index is 0.440. The maximum Gasteiger partial charge on any atom is 0.318 e. The van der Waals surface area contributed by atoms with Gasteiger partial charge in [-0.15, -0.1) is 0 Å². The van der Waals surface area contributed by atoms with Crippen molar-refractivity contribution in [3.63, 3.8) is 0 Å². The summed E-state index contributed by atoms with van der Waals surface area (Å²) in [5.74, 6) is -3.96. The van der Waals surface area contributed by atoms with Gasteiger partial charge in [0.25, 0.3) is 0 Å². The van der Waals surface area contributed by atoms with E-state index in [0.717, 1.165) is 0 Å².